The molecule has 2 N–H and O–H groups in total. The van der Waals surface area contributed by atoms with E-state index in [0.29, 0.717) is 21.2 Å². The molecule has 2 aromatic rings. The van der Waals surface area contributed by atoms with E-state index < -0.39 is 5.60 Å². The molecule has 0 aliphatic carbocycles. The minimum atomic E-state index is -1.18. The van der Waals surface area contributed by atoms with Gasteiger partial charge in [-0.15, -0.1) is 0 Å². The predicted octanol–water partition coefficient (Wildman–Crippen LogP) is 3.63. The van der Waals surface area contributed by atoms with Crippen molar-refractivity contribution < 1.29 is 9.90 Å². The second-order valence-electron chi connectivity index (χ2n) is 4.97. The van der Waals surface area contributed by atoms with Crippen LogP contribution in [0.5, 0.6) is 0 Å². The van der Waals surface area contributed by atoms with Gasteiger partial charge in [0.15, 0.2) is 0 Å². The number of benzene rings is 2. The Morgan fingerprint density at radius 3 is 2.43 bits per heavy atom. The largest absolute Gasteiger partial charge is 0.384 e. The molecule has 0 spiro atoms. The summed E-state index contributed by atoms with van der Waals surface area (Å²) in [5.74, 6) is -0.285. The Morgan fingerprint density at radius 2 is 1.81 bits per heavy atom. The van der Waals surface area contributed by atoms with Crippen molar-refractivity contribution in [2.45, 2.75) is 12.5 Å². The van der Waals surface area contributed by atoms with Crippen LogP contribution in [0.3, 0.4) is 0 Å². The smallest absolute Gasteiger partial charge is 0.251 e. The summed E-state index contributed by atoms with van der Waals surface area (Å²) < 4.78 is 0. The van der Waals surface area contributed by atoms with Gasteiger partial charge in [0.1, 0.15) is 5.60 Å². The molecule has 0 saturated carbocycles. The Bertz CT molecular complexity index is 639. The maximum absolute atomic E-state index is 12.0. The van der Waals surface area contributed by atoms with Gasteiger partial charge < -0.3 is 10.4 Å². The number of amides is 1. The maximum atomic E-state index is 12.0. The van der Waals surface area contributed by atoms with Gasteiger partial charge in [-0.2, -0.15) is 0 Å². The van der Waals surface area contributed by atoms with E-state index in [4.69, 9.17) is 23.2 Å². The summed E-state index contributed by atoms with van der Waals surface area (Å²) >= 11 is 11.7. The lowest BCUT2D eigenvalue weighted by Gasteiger charge is -2.24. The third kappa shape index (κ3) is 4.21. The van der Waals surface area contributed by atoms with Gasteiger partial charge in [0.2, 0.25) is 0 Å². The Hall–Kier alpha value is -1.55. The van der Waals surface area contributed by atoms with Crippen LogP contribution in [-0.4, -0.2) is 17.6 Å². The molecule has 2 rings (SSSR count). The molecule has 0 radical (unpaired) electrons. The number of carbonyl (C=O) groups is 1. The lowest BCUT2D eigenvalue weighted by atomic mass is 9.96. The standard InChI is InChI=1S/C16H15Cl2NO2/c1-16(21,12-5-7-13(17)8-6-12)10-19-15(20)11-3-2-4-14(18)9-11/h2-9,21H,10H2,1H3,(H,19,20). The zero-order chi connectivity index (χ0) is 15.5. The van der Waals surface area contributed by atoms with Crippen LogP contribution in [0.15, 0.2) is 48.5 Å². The molecule has 110 valence electrons. The van der Waals surface area contributed by atoms with Crippen LogP contribution >= 0.6 is 23.2 Å². The second kappa shape index (κ2) is 6.48. The van der Waals surface area contributed by atoms with E-state index in [0.717, 1.165) is 0 Å². The van der Waals surface area contributed by atoms with Gasteiger partial charge in [-0.05, 0) is 42.8 Å². The van der Waals surface area contributed by atoms with Crippen LogP contribution in [0, 0.1) is 0 Å². The quantitative estimate of drug-likeness (QED) is 0.902. The molecular formula is C16H15Cl2NO2. The summed E-state index contributed by atoms with van der Waals surface area (Å²) in [5.41, 5.74) is -0.0496. The number of carbonyl (C=O) groups excluding carboxylic acids is 1. The van der Waals surface area contributed by atoms with Gasteiger partial charge in [-0.25, -0.2) is 0 Å². The van der Waals surface area contributed by atoms with Gasteiger partial charge >= 0.3 is 0 Å². The Morgan fingerprint density at radius 1 is 1.14 bits per heavy atom. The molecule has 1 atom stereocenters. The highest BCUT2D eigenvalue weighted by Crippen LogP contribution is 2.22. The minimum Gasteiger partial charge on any atom is -0.384 e. The molecule has 1 amide bonds. The van der Waals surface area contributed by atoms with Gasteiger partial charge in [-0.1, -0.05) is 41.4 Å². The first kappa shape index (κ1) is 15.8. The van der Waals surface area contributed by atoms with E-state index >= 15 is 0 Å². The average Bonchev–Trinajstić information content (AvgIpc) is 2.45. The SMILES string of the molecule is CC(O)(CNC(=O)c1cccc(Cl)c1)c1ccc(Cl)cc1. The predicted molar refractivity (Wildman–Crippen MR) is 84.8 cm³/mol. The highest BCUT2D eigenvalue weighted by atomic mass is 35.5. The van der Waals surface area contributed by atoms with E-state index in [9.17, 15) is 9.90 Å². The molecule has 0 aliphatic rings. The van der Waals surface area contributed by atoms with E-state index in [1.54, 1.807) is 55.5 Å². The molecule has 2 aromatic carbocycles. The van der Waals surface area contributed by atoms with Crippen molar-refractivity contribution in [1.29, 1.82) is 0 Å². The van der Waals surface area contributed by atoms with Crippen molar-refractivity contribution >= 4 is 29.1 Å². The summed E-state index contributed by atoms with van der Waals surface area (Å²) in [5, 5.41) is 14.2. The fraction of sp³-hybridized carbons (Fsp3) is 0.188. The number of rotatable bonds is 4. The summed E-state index contributed by atoms with van der Waals surface area (Å²) in [4.78, 5) is 12.0. The van der Waals surface area contributed by atoms with E-state index in [1.807, 2.05) is 0 Å². The molecule has 0 saturated heterocycles. The summed E-state index contributed by atoms with van der Waals surface area (Å²) in [7, 11) is 0. The lowest BCUT2D eigenvalue weighted by Crippen LogP contribution is -2.38. The first-order valence-electron chi connectivity index (χ1n) is 6.41. The lowest BCUT2D eigenvalue weighted by molar-refractivity contribution is 0.0526. The number of nitrogens with one attached hydrogen (secondary N) is 1. The zero-order valence-corrected chi connectivity index (χ0v) is 12.9. The van der Waals surface area contributed by atoms with Crippen LogP contribution in [0.25, 0.3) is 0 Å². The highest BCUT2D eigenvalue weighted by molar-refractivity contribution is 6.31. The van der Waals surface area contributed by atoms with Crippen LogP contribution in [0.2, 0.25) is 10.0 Å². The minimum absolute atomic E-state index is 0.0833. The molecular weight excluding hydrogens is 309 g/mol. The van der Waals surface area contributed by atoms with E-state index in [2.05, 4.69) is 5.32 Å². The van der Waals surface area contributed by atoms with Crippen LogP contribution in [0.1, 0.15) is 22.8 Å². The summed E-state index contributed by atoms with van der Waals surface area (Å²) in [6.45, 7) is 1.72. The molecule has 0 heterocycles. The number of hydrogen-bond donors (Lipinski definition) is 2. The molecule has 0 aromatic heterocycles. The van der Waals surface area contributed by atoms with Gasteiger partial charge in [-0.3, -0.25) is 4.79 Å². The van der Waals surface area contributed by atoms with Crippen LogP contribution in [0.4, 0.5) is 0 Å². The van der Waals surface area contributed by atoms with Crippen LogP contribution < -0.4 is 5.32 Å². The topological polar surface area (TPSA) is 49.3 Å². The van der Waals surface area contributed by atoms with Crippen molar-refractivity contribution in [2.75, 3.05) is 6.54 Å². The molecule has 0 fully saturated rings. The first-order chi connectivity index (χ1) is 9.88. The maximum Gasteiger partial charge on any atom is 0.251 e. The zero-order valence-electron chi connectivity index (χ0n) is 11.4. The fourth-order valence-electron chi connectivity index (χ4n) is 1.90. The Balaban J connectivity index is 2.04. The number of aliphatic hydroxyl groups is 1. The molecule has 5 heteroatoms. The molecule has 0 bridgehead atoms. The first-order valence-corrected chi connectivity index (χ1v) is 7.16. The summed E-state index contributed by atoms with van der Waals surface area (Å²) in [6.07, 6.45) is 0. The Labute approximate surface area is 133 Å². The molecule has 1 unspecified atom stereocenters. The van der Waals surface area contributed by atoms with Gasteiger partial charge in [0.25, 0.3) is 5.91 Å². The monoisotopic (exact) mass is 323 g/mol. The Kier molecular flexibility index (Phi) is 4.88. The van der Waals surface area contributed by atoms with Crippen molar-refractivity contribution in [2.24, 2.45) is 0 Å². The number of halogens is 2. The molecule has 21 heavy (non-hydrogen) atoms. The average molecular weight is 324 g/mol. The van der Waals surface area contributed by atoms with Gasteiger partial charge in [0.05, 0.1) is 6.54 Å². The highest BCUT2D eigenvalue weighted by Gasteiger charge is 2.24. The van der Waals surface area contributed by atoms with Crippen molar-refractivity contribution in [1.82, 2.24) is 5.32 Å². The van der Waals surface area contributed by atoms with Crippen molar-refractivity contribution in [3.8, 4) is 0 Å². The van der Waals surface area contributed by atoms with Crippen molar-refractivity contribution in [3.05, 3.63) is 69.7 Å². The van der Waals surface area contributed by atoms with Crippen molar-refractivity contribution in [3.63, 3.8) is 0 Å². The van der Waals surface area contributed by atoms with E-state index in [-0.39, 0.29) is 12.5 Å². The summed E-state index contributed by atoms with van der Waals surface area (Å²) in [6, 6.07) is 13.5. The normalized spacial score (nSPS) is 13.5. The fourth-order valence-corrected chi connectivity index (χ4v) is 2.21. The van der Waals surface area contributed by atoms with Gasteiger partial charge in [0, 0.05) is 15.6 Å². The number of hydrogen-bond acceptors (Lipinski definition) is 2. The molecule has 3 nitrogen and oxygen atoms in total. The third-order valence-corrected chi connectivity index (χ3v) is 3.63. The van der Waals surface area contributed by atoms with Crippen LogP contribution in [-0.2, 0) is 5.60 Å². The third-order valence-electron chi connectivity index (χ3n) is 3.15. The molecule has 0 aliphatic heterocycles. The second-order valence-corrected chi connectivity index (χ2v) is 5.85. The van der Waals surface area contributed by atoms with E-state index in [1.165, 1.54) is 0 Å².